The van der Waals surface area contributed by atoms with Crippen molar-refractivity contribution >= 4 is 87.3 Å². The Labute approximate surface area is 299 Å². The number of hydrogen-bond acceptors (Lipinski definition) is 0. The number of halogens is 5. The molecule has 0 atom stereocenters. The molecular weight excluding hydrogens is 757 g/mol. The topological polar surface area (TPSA) is 0 Å². The quantitative estimate of drug-likeness (QED) is 0.0682. The molecule has 0 aliphatic rings. The maximum absolute atomic E-state index is 5.64. The van der Waals surface area contributed by atoms with E-state index < -0.39 is 26.9 Å². The van der Waals surface area contributed by atoms with E-state index in [2.05, 4.69) is 142 Å². The van der Waals surface area contributed by atoms with Crippen LogP contribution >= 0.6 is 50.3 Å². The molecule has 44 heavy (non-hydrogen) atoms. The Morgan fingerprint density at radius 1 is 0.636 bits per heavy atom. The first kappa shape index (κ1) is 37.3. The molecule has 0 aromatic heterocycles. The van der Waals surface area contributed by atoms with Crippen molar-refractivity contribution < 1.29 is 20.8 Å². The molecule has 6 aromatic rings. The molecule has 6 aromatic carbocycles. The van der Waals surface area contributed by atoms with Crippen molar-refractivity contribution in [2.75, 3.05) is 0 Å². The van der Waals surface area contributed by atoms with Gasteiger partial charge in [0.25, 0.3) is 0 Å². The molecule has 0 nitrogen and oxygen atoms in total. The van der Waals surface area contributed by atoms with Gasteiger partial charge in [-0.05, 0) is 17.2 Å². The van der Waals surface area contributed by atoms with E-state index in [9.17, 15) is 0 Å². The SMILES string of the molecule is C[Si]CCC[Si](Cl)(Cl)Cl.Cc1cc2c(-c3ccccc3)cccc2[cH-]1.Cc1cc2c(-c3ccccc3)cccc2[cH-]1.[Cl][Zr+2][Cl]. The predicted molar refractivity (Wildman–Crippen MR) is 200 cm³/mol. The molecule has 0 amide bonds. The monoisotopic (exact) mass is 788 g/mol. The van der Waals surface area contributed by atoms with Gasteiger partial charge in [-0.1, -0.05) is 117 Å². The van der Waals surface area contributed by atoms with Gasteiger partial charge in [-0.15, -0.1) is 102 Å². The Balaban J connectivity index is 0.000000180. The summed E-state index contributed by atoms with van der Waals surface area (Å²) in [4.78, 5) is 0. The Hall–Kier alpha value is -1.13. The molecule has 0 unspecified atom stereocenters. The molecule has 0 saturated heterocycles. The average Bonchev–Trinajstić information content (AvgIpc) is 3.59. The zero-order chi connectivity index (χ0) is 32.0. The molecule has 0 heterocycles. The molecule has 8 heteroatoms. The van der Waals surface area contributed by atoms with Crippen LogP contribution in [0.3, 0.4) is 0 Å². The van der Waals surface area contributed by atoms with E-state index in [-0.39, 0.29) is 0 Å². The van der Waals surface area contributed by atoms with Gasteiger partial charge in [-0.2, -0.15) is 12.1 Å². The number of aryl methyl sites for hydroxylation is 2. The van der Waals surface area contributed by atoms with Crippen LogP contribution in [0.5, 0.6) is 0 Å². The molecule has 0 fully saturated rings. The summed E-state index contributed by atoms with van der Waals surface area (Å²) in [5, 5.41) is 5.37. The summed E-state index contributed by atoms with van der Waals surface area (Å²) < 4.78 is 0. The minimum atomic E-state index is -2.27. The molecule has 0 spiro atoms. The van der Waals surface area contributed by atoms with Crippen LogP contribution in [-0.2, 0) is 20.8 Å². The van der Waals surface area contributed by atoms with Crippen molar-refractivity contribution in [1.82, 2.24) is 0 Å². The first-order chi connectivity index (χ1) is 21.2. The van der Waals surface area contributed by atoms with Crippen LogP contribution in [0.25, 0.3) is 43.8 Å². The van der Waals surface area contributed by atoms with Crippen LogP contribution in [0.4, 0.5) is 0 Å². The fraction of sp³-hybridized carbons (Fsp3) is 0.167. The van der Waals surface area contributed by atoms with Gasteiger partial charge in [0.1, 0.15) is 0 Å². The van der Waals surface area contributed by atoms with Crippen molar-refractivity contribution in [3.8, 4) is 22.3 Å². The number of benzene rings is 4. The van der Waals surface area contributed by atoms with Crippen LogP contribution in [0.1, 0.15) is 17.5 Å². The van der Waals surface area contributed by atoms with E-state index >= 15 is 0 Å². The molecule has 0 N–H and O–H groups in total. The zero-order valence-corrected chi connectivity index (χ0v) is 33.3. The Morgan fingerprint density at radius 2 is 1.05 bits per heavy atom. The third kappa shape index (κ3) is 12.2. The summed E-state index contributed by atoms with van der Waals surface area (Å²) in [6.07, 6.45) is 1.08. The van der Waals surface area contributed by atoms with Crippen LogP contribution in [0.2, 0.25) is 18.6 Å². The van der Waals surface area contributed by atoms with Gasteiger partial charge in [-0.3, -0.25) is 0 Å². The van der Waals surface area contributed by atoms with E-state index in [4.69, 9.17) is 50.3 Å². The van der Waals surface area contributed by atoms with E-state index in [0.29, 0.717) is 0 Å². The van der Waals surface area contributed by atoms with Crippen molar-refractivity contribution in [2.45, 2.75) is 38.9 Å². The summed E-state index contributed by atoms with van der Waals surface area (Å²) in [7, 11) is 10.9. The van der Waals surface area contributed by atoms with Crippen molar-refractivity contribution in [3.63, 3.8) is 0 Å². The second-order valence-corrected chi connectivity index (χ2v) is 24.5. The van der Waals surface area contributed by atoms with E-state index in [0.717, 1.165) is 22.0 Å². The molecule has 6 rings (SSSR count). The Morgan fingerprint density at radius 3 is 1.41 bits per heavy atom. The molecule has 0 aliphatic heterocycles. The molecule has 0 saturated carbocycles. The van der Waals surface area contributed by atoms with Gasteiger partial charge < -0.3 is 0 Å². The fourth-order valence-electron chi connectivity index (χ4n) is 4.97. The summed E-state index contributed by atoms with van der Waals surface area (Å²) >= 11 is 16.1. The van der Waals surface area contributed by atoms with Crippen molar-refractivity contribution in [3.05, 3.63) is 132 Å². The maximum atomic E-state index is 5.64. The van der Waals surface area contributed by atoms with Crippen LogP contribution < -0.4 is 0 Å². The summed E-state index contributed by atoms with van der Waals surface area (Å²) in [6.45, 7) is 6.46. The number of fused-ring (bicyclic) bond motifs is 2. The van der Waals surface area contributed by atoms with E-state index in [1.807, 2.05) is 0 Å². The van der Waals surface area contributed by atoms with Gasteiger partial charge in [0, 0.05) is 9.52 Å². The standard InChI is InChI=1S/2C16H13.C4H9Cl3Si2.2ClH.Zr/c2*1-12-10-14-8-5-9-15(16(14)11-12)13-6-3-2-4-7-13;1-8-3-2-4-9(5,6)7;;;/h2*2-11H,1H3;2-4H2,1H3;2*1H;/q2*-1;;;;+4/p-2. The second kappa shape index (κ2) is 19.5. The minimum absolute atomic E-state index is 0.818. The van der Waals surface area contributed by atoms with Crippen molar-refractivity contribution in [1.29, 1.82) is 0 Å². The van der Waals surface area contributed by atoms with Gasteiger partial charge in [-0.25, -0.2) is 0 Å². The molecule has 2 radical (unpaired) electrons. The molecular formula is C36H35Cl5Si2Zr. The number of rotatable bonds is 6. The molecule has 226 valence electrons. The normalized spacial score (nSPS) is 10.5. The van der Waals surface area contributed by atoms with E-state index in [1.165, 1.54) is 61.0 Å². The van der Waals surface area contributed by atoms with Gasteiger partial charge >= 0.3 is 43.9 Å². The van der Waals surface area contributed by atoms with Gasteiger partial charge in [0.05, 0.1) is 0 Å². The summed E-state index contributed by atoms with van der Waals surface area (Å²) in [6, 6.07) is 42.9. The first-order valence-electron chi connectivity index (χ1n) is 14.3. The number of hydrogen-bond donors (Lipinski definition) is 0. The van der Waals surface area contributed by atoms with Gasteiger partial charge in [0.15, 0.2) is 0 Å². The third-order valence-corrected chi connectivity index (χ3v) is 10.3. The predicted octanol–water partition coefficient (Wildman–Crippen LogP) is 13.6. The van der Waals surface area contributed by atoms with E-state index in [1.54, 1.807) is 0 Å². The Bertz CT molecular complexity index is 1560. The van der Waals surface area contributed by atoms with Crippen LogP contribution in [0, 0.1) is 13.8 Å². The fourth-order valence-corrected chi connectivity index (χ4v) is 7.64. The third-order valence-electron chi connectivity index (χ3n) is 6.85. The second-order valence-electron chi connectivity index (χ2n) is 10.3. The Kier molecular flexibility index (Phi) is 16.6. The van der Waals surface area contributed by atoms with Crippen molar-refractivity contribution in [2.24, 2.45) is 0 Å². The molecule has 0 aliphatic carbocycles. The summed E-state index contributed by atoms with van der Waals surface area (Å²) in [5.74, 6) is 0. The first-order valence-corrected chi connectivity index (χ1v) is 27.6. The van der Waals surface area contributed by atoms with Crippen LogP contribution in [0.15, 0.2) is 121 Å². The van der Waals surface area contributed by atoms with Gasteiger partial charge in [0.2, 0.25) is 0 Å². The average molecular weight is 792 g/mol. The molecule has 0 bridgehead atoms. The zero-order valence-electron chi connectivity index (χ0n) is 25.1. The summed E-state index contributed by atoms with van der Waals surface area (Å²) in [5.41, 5.74) is 7.89. The van der Waals surface area contributed by atoms with Crippen LogP contribution in [-0.4, -0.2) is 15.5 Å².